The smallest absolute Gasteiger partial charge is 0.375 e. The lowest BCUT2D eigenvalue weighted by molar-refractivity contribution is -0.0833. The maximum Gasteiger partial charge on any atom is 0.528 e. The van der Waals surface area contributed by atoms with Gasteiger partial charge in [0.1, 0.15) is 6.23 Å². The third-order valence-electron chi connectivity index (χ3n) is 2.88. The van der Waals surface area contributed by atoms with Crippen molar-refractivity contribution in [3.63, 3.8) is 0 Å². The number of hydrogen-bond acceptors (Lipinski definition) is 5. The number of hydrogen-bond donors (Lipinski definition) is 0. The van der Waals surface area contributed by atoms with Crippen LogP contribution in [-0.4, -0.2) is 66.0 Å². The standard InChI is InChI=1S/C9H19NO4Si/c1-3-10-4-5-13-15(11-2)8-12-7-9(6-10)14-15/h9H,3-8H2,1-2H3. The molecule has 2 aliphatic heterocycles. The van der Waals surface area contributed by atoms with Gasteiger partial charge in [-0.3, -0.25) is 4.90 Å². The molecule has 0 N–H and O–H groups in total. The fourth-order valence-corrected chi connectivity index (χ4v) is 3.94. The number of likely N-dealkylation sites (N-methyl/N-ethyl adjacent to an activating group) is 1. The van der Waals surface area contributed by atoms with Crippen molar-refractivity contribution in [1.29, 1.82) is 0 Å². The number of ether oxygens (including phenoxy) is 1. The van der Waals surface area contributed by atoms with Crippen LogP contribution in [0.2, 0.25) is 0 Å². The summed E-state index contributed by atoms with van der Waals surface area (Å²) in [5.41, 5.74) is 0. The van der Waals surface area contributed by atoms with E-state index in [0.29, 0.717) is 19.4 Å². The maximum absolute atomic E-state index is 5.92. The molecule has 2 heterocycles. The monoisotopic (exact) mass is 233 g/mol. The van der Waals surface area contributed by atoms with Crippen LogP contribution in [0.15, 0.2) is 0 Å². The van der Waals surface area contributed by atoms with Crippen molar-refractivity contribution in [3.05, 3.63) is 0 Å². The Morgan fingerprint density at radius 2 is 2.40 bits per heavy atom. The Balaban J connectivity index is 2.02. The molecular weight excluding hydrogens is 214 g/mol. The molecule has 0 radical (unpaired) electrons. The van der Waals surface area contributed by atoms with E-state index in [2.05, 4.69) is 11.8 Å². The maximum atomic E-state index is 5.92. The van der Waals surface area contributed by atoms with E-state index in [0.717, 1.165) is 19.6 Å². The van der Waals surface area contributed by atoms with Gasteiger partial charge in [-0.25, -0.2) is 0 Å². The fraction of sp³-hybridized carbons (Fsp3) is 1.00. The SMILES string of the molecule is CCN1CCO[Si]2(OC)COCC(C1)O2. The van der Waals surface area contributed by atoms with Crippen LogP contribution in [0.25, 0.3) is 0 Å². The lowest BCUT2D eigenvalue weighted by Gasteiger charge is -2.40. The molecule has 2 rings (SSSR count). The molecule has 0 aromatic carbocycles. The van der Waals surface area contributed by atoms with Gasteiger partial charge in [0.15, 0.2) is 0 Å². The summed E-state index contributed by atoms with van der Waals surface area (Å²) in [6, 6.07) is 0. The van der Waals surface area contributed by atoms with Crippen molar-refractivity contribution in [3.8, 4) is 0 Å². The lowest BCUT2D eigenvalue weighted by atomic mass is 10.3. The van der Waals surface area contributed by atoms with Crippen LogP contribution < -0.4 is 0 Å². The molecule has 0 amide bonds. The minimum atomic E-state index is -2.48. The molecule has 88 valence electrons. The summed E-state index contributed by atoms with van der Waals surface area (Å²) in [4.78, 5) is 2.31. The van der Waals surface area contributed by atoms with E-state index in [-0.39, 0.29) is 6.10 Å². The molecule has 2 aliphatic rings. The topological polar surface area (TPSA) is 40.2 Å². The van der Waals surface area contributed by atoms with Gasteiger partial charge in [0.05, 0.1) is 19.3 Å². The lowest BCUT2D eigenvalue weighted by Crippen LogP contribution is -2.61. The van der Waals surface area contributed by atoms with Crippen LogP contribution in [0.1, 0.15) is 6.92 Å². The van der Waals surface area contributed by atoms with Crippen molar-refractivity contribution >= 4 is 8.80 Å². The summed E-state index contributed by atoms with van der Waals surface area (Å²) < 4.78 is 22.6. The third-order valence-corrected chi connectivity index (χ3v) is 5.39. The molecule has 15 heavy (non-hydrogen) atoms. The van der Waals surface area contributed by atoms with Gasteiger partial charge in [0, 0.05) is 20.2 Å². The number of nitrogens with zero attached hydrogens (tertiary/aromatic N) is 1. The van der Waals surface area contributed by atoms with Gasteiger partial charge >= 0.3 is 8.80 Å². The van der Waals surface area contributed by atoms with Gasteiger partial charge in [0.25, 0.3) is 0 Å². The van der Waals surface area contributed by atoms with Crippen LogP contribution in [0, 0.1) is 0 Å². The number of rotatable bonds is 2. The van der Waals surface area contributed by atoms with E-state index in [1.807, 2.05) is 0 Å². The zero-order valence-corrected chi connectivity index (χ0v) is 10.4. The Bertz CT molecular complexity index is 218. The predicted molar refractivity (Wildman–Crippen MR) is 56.5 cm³/mol. The van der Waals surface area contributed by atoms with E-state index < -0.39 is 8.80 Å². The van der Waals surface area contributed by atoms with Gasteiger partial charge in [-0.15, -0.1) is 0 Å². The Morgan fingerprint density at radius 3 is 3.13 bits per heavy atom. The Labute approximate surface area is 91.6 Å². The Morgan fingerprint density at radius 1 is 1.53 bits per heavy atom. The first-order chi connectivity index (χ1) is 7.28. The zero-order chi connectivity index (χ0) is 10.7. The normalized spacial score (nSPS) is 38.4. The molecule has 6 heteroatoms. The van der Waals surface area contributed by atoms with Crippen LogP contribution in [0.3, 0.4) is 0 Å². The van der Waals surface area contributed by atoms with Crippen LogP contribution >= 0.6 is 0 Å². The predicted octanol–water partition coefficient (Wildman–Crippen LogP) is -0.122. The van der Waals surface area contributed by atoms with E-state index >= 15 is 0 Å². The van der Waals surface area contributed by atoms with Crippen LogP contribution in [0.5, 0.6) is 0 Å². The van der Waals surface area contributed by atoms with Gasteiger partial charge in [-0.05, 0) is 6.54 Å². The Hall–Kier alpha value is 0.0169. The minimum absolute atomic E-state index is 0.102. The molecule has 5 nitrogen and oxygen atoms in total. The van der Waals surface area contributed by atoms with Crippen molar-refractivity contribution in [2.24, 2.45) is 0 Å². The van der Waals surface area contributed by atoms with Crippen molar-refractivity contribution < 1.29 is 18.0 Å². The van der Waals surface area contributed by atoms with Crippen molar-refractivity contribution in [2.75, 3.05) is 46.2 Å². The second-order valence-corrected chi connectivity index (χ2v) is 6.47. The molecule has 0 aliphatic carbocycles. The van der Waals surface area contributed by atoms with Crippen molar-refractivity contribution in [1.82, 2.24) is 4.90 Å². The van der Waals surface area contributed by atoms with Crippen LogP contribution in [-0.2, 0) is 18.0 Å². The summed E-state index contributed by atoms with van der Waals surface area (Å²) >= 11 is 0. The van der Waals surface area contributed by atoms with Gasteiger partial charge < -0.3 is 18.0 Å². The van der Waals surface area contributed by atoms with E-state index in [1.54, 1.807) is 7.11 Å². The molecule has 0 spiro atoms. The van der Waals surface area contributed by atoms with E-state index in [4.69, 9.17) is 18.0 Å². The molecule has 2 bridgehead atoms. The highest BCUT2D eigenvalue weighted by Crippen LogP contribution is 2.20. The molecule has 0 aromatic heterocycles. The first-order valence-corrected chi connectivity index (χ1v) is 7.38. The third kappa shape index (κ3) is 2.58. The molecule has 2 atom stereocenters. The Kier molecular flexibility index (Phi) is 3.76. The highest BCUT2D eigenvalue weighted by atomic mass is 28.4. The summed E-state index contributed by atoms with van der Waals surface area (Å²) in [7, 11) is -0.831. The highest BCUT2D eigenvalue weighted by Gasteiger charge is 2.47. The first kappa shape index (κ1) is 11.5. The summed E-state index contributed by atoms with van der Waals surface area (Å²) in [5.74, 6) is 0. The zero-order valence-electron chi connectivity index (χ0n) is 9.40. The van der Waals surface area contributed by atoms with Crippen LogP contribution in [0.4, 0.5) is 0 Å². The van der Waals surface area contributed by atoms with Gasteiger partial charge in [-0.1, -0.05) is 6.92 Å². The summed E-state index contributed by atoms with van der Waals surface area (Å²) in [6.07, 6.45) is 0.595. The van der Waals surface area contributed by atoms with Crippen molar-refractivity contribution in [2.45, 2.75) is 13.0 Å². The quantitative estimate of drug-likeness (QED) is 0.622. The second kappa shape index (κ2) is 4.90. The molecule has 0 saturated carbocycles. The summed E-state index contributed by atoms with van der Waals surface area (Å²) in [5, 5.41) is 0. The average Bonchev–Trinajstić information content (AvgIpc) is 2.26. The van der Waals surface area contributed by atoms with Gasteiger partial charge in [0.2, 0.25) is 0 Å². The van der Waals surface area contributed by atoms with E-state index in [1.165, 1.54) is 0 Å². The summed E-state index contributed by atoms with van der Waals surface area (Å²) in [6.45, 7) is 6.35. The average molecular weight is 233 g/mol. The largest absolute Gasteiger partial charge is 0.528 e. The van der Waals surface area contributed by atoms with E-state index in [9.17, 15) is 0 Å². The molecular formula is C9H19NO4Si. The molecule has 2 saturated heterocycles. The highest BCUT2D eigenvalue weighted by molar-refractivity contribution is 6.60. The first-order valence-electron chi connectivity index (χ1n) is 5.45. The second-order valence-electron chi connectivity index (χ2n) is 3.88. The molecule has 2 unspecified atom stereocenters. The molecule has 2 fully saturated rings. The molecule has 0 aromatic rings. The fourth-order valence-electron chi connectivity index (χ4n) is 1.97. The minimum Gasteiger partial charge on any atom is -0.375 e. The number of fused-ring (bicyclic) bond motifs is 2. The van der Waals surface area contributed by atoms with Gasteiger partial charge in [-0.2, -0.15) is 0 Å².